The van der Waals surface area contributed by atoms with Crippen molar-refractivity contribution in [2.75, 3.05) is 13.1 Å². The molecule has 3 nitrogen and oxygen atoms in total. The zero-order valence-corrected chi connectivity index (χ0v) is 13.4. The Balaban J connectivity index is 1.77. The van der Waals surface area contributed by atoms with Crippen molar-refractivity contribution in [1.82, 2.24) is 4.90 Å². The minimum atomic E-state index is -0.618. The Morgan fingerprint density at radius 2 is 2.19 bits per heavy atom. The maximum absolute atomic E-state index is 13.9. The lowest BCUT2D eigenvalue weighted by Crippen LogP contribution is -2.54. The number of rotatable bonds is 1. The van der Waals surface area contributed by atoms with Gasteiger partial charge in [-0.3, -0.25) is 4.79 Å². The van der Waals surface area contributed by atoms with Gasteiger partial charge in [0.1, 0.15) is 5.82 Å². The lowest BCUT2D eigenvalue weighted by Gasteiger charge is -2.47. The van der Waals surface area contributed by atoms with Gasteiger partial charge in [0.15, 0.2) is 0 Å². The lowest BCUT2D eigenvalue weighted by atomic mass is 9.71. The third kappa shape index (κ3) is 2.86. The van der Waals surface area contributed by atoms with E-state index in [9.17, 15) is 14.3 Å². The van der Waals surface area contributed by atoms with Gasteiger partial charge in [-0.25, -0.2) is 4.39 Å². The summed E-state index contributed by atoms with van der Waals surface area (Å²) in [4.78, 5) is 14.2. The molecule has 5 heteroatoms. The minimum Gasteiger partial charge on any atom is -0.389 e. The zero-order chi connectivity index (χ0) is 15.0. The summed E-state index contributed by atoms with van der Waals surface area (Å²) in [5.74, 6) is -0.645. The van der Waals surface area contributed by atoms with Gasteiger partial charge in [0.05, 0.1) is 11.2 Å². The number of carbonyl (C=O) groups excluding carboxylic acids is 1. The summed E-state index contributed by atoms with van der Waals surface area (Å²) in [5.41, 5.74) is -0.507. The second-order valence-corrected chi connectivity index (χ2v) is 7.09. The number of benzene rings is 1. The van der Waals surface area contributed by atoms with E-state index in [2.05, 4.69) is 15.9 Å². The second-order valence-electron chi connectivity index (χ2n) is 6.17. The summed E-state index contributed by atoms with van der Waals surface area (Å²) >= 11 is 3.20. The molecule has 2 unspecified atom stereocenters. The van der Waals surface area contributed by atoms with Gasteiger partial charge in [0.25, 0.3) is 5.91 Å². The highest BCUT2D eigenvalue weighted by atomic mass is 79.9. The zero-order valence-electron chi connectivity index (χ0n) is 11.8. The van der Waals surface area contributed by atoms with Gasteiger partial charge in [-0.1, -0.05) is 28.8 Å². The van der Waals surface area contributed by atoms with Gasteiger partial charge in [0, 0.05) is 23.5 Å². The fourth-order valence-electron chi connectivity index (χ4n) is 3.59. The van der Waals surface area contributed by atoms with Crippen LogP contribution in [0.25, 0.3) is 0 Å². The van der Waals surface area contributed by atoms with Crippen LogP contribution in [0.3, 0.4) is 0 Å². The first-order valence-corrected chi connectivity index (χ1v) is 8.26. The summed E-state index contributed by atoms with van der Waals surface area (Å²) in [7, 11) is 0. The summed E-state index contributed by atoms with van der Waals surface area (Å²) in [6.07, 6.45) is 4.53. The van der Waals surface area contributed by atoms with Crippen LogP contribution < -0.4 is 0 Å². The molecule has 0 aromatic heterocycles. The Labute approximate surface area is 132 Å². The highest BCUT2D eigenvalue weighted by Crippen LogP contribution is 2.40. The molecule has 3 rings (SSSR count). The molecule has 1 aromatic rings. The number of halogens is 2. The normalized spacial score (nSPS) is 29.1. The van der Waals surface area contributed by atoms with Crippen LogP contribution in [-0.4, -0.2) is 34.6 Å². The summed E-state index contributed by atoms with van der Waals surface area (Å²) in [6, 6.07) is 4.51. The van der Waals surface area contributed by atoms with Crippen molar-refractivity contribution >= 4 is 21.8 Å². The molecule has 1 aromatic carbocycles. The molecule has 1 aliphatic carbocycles. The SMILES string of the molecule is O=C(c1ccc(Br)cc1F)N1CCC2(O)CCCCC2C1. The largest absolute Gasteiger partial charge is 0.389 e. The van der Waals surface area contributed by atoms with Crippen LogP contribution in [0.4, 0.5) is 4.39 Å². The van der Waals surface area contributed by atoms with Gasteiger partial charge < -0.3 is 10.0 Å². The van der Waals surface area contributed by atoms with Crippen molar-refractivity contribution < 1.29 is 14.3 Å². The number of piperidine rings is 1. The number of nitrogens with zero attached hydrogens (tertiary/aromatic N) is 1. The molecule has 1 saturated carbocycles. The fraction of sp³-hybridized carbons (Fsp3) is 0.562. The molecule has 1 N–H and O–H groups in total. The van der Waals surface area contributed by atoms with Crippen LogP contribution in [0, 0.1) is 11.7 Å². The van der Waals surface area contributed by atoms with Crippen LogP contribution in [0.1, 0.15) is 42.5 Å². The number of amides is 1. The number of hydrogen-bond acceptors (Lipinski definition) is 2. The smallest absolute Gasteiger partial charge is 0.256 e. The molecule has 0 radical (unpaired) electrons. The van der Waals surface area contributed by atoms with Crippen molar-refractivity contribution in [2.24, 2.45) is 5.92 Å². The third-order valence-electron chi connectivity index (χ3n) is 4.88. The van der Waals surface area contributed by atoms with E-state index in [1.54, 1.807) is 11.0 Å². The Kier molecular flexibility index (Phi) is 4.06. The van der Waals surface area contributed by atoms with E-state index in [4.69, 9.17) is 0 Å². The molecule has 1 amide bonds. The van der Waals surface area contributed by atoms with E-state index in [0.717, 1.165) is 25.7 Å². The molecule has 2 atom stereocenters. The molecule has 1 aliphatic heterocycles. The van der Waals surface area contributed by atoms with Crippen molar-refractivity contribution in [1.29, 1.82) is 0 Å². The Morgan fingerprint density at radius 1 is 1.38 bits per heavy atom. The average molecular weight is 356 g/mol. The molecular formula is C16H19BrFNO2. The van der Waals surface area contributed by atoms with E-state index >= 15 is 0 Å². The van der Waals surface area contributed by atoms with Gasteiger partial charge in [-0.2, -0.15) is 0 Å². The summed E-state index contributed by atoms with van der Waals surface area (Å²) in [6.45, 7) is 1.03. The number of hydrogen-bond donors (Lipinski definition) is 1. The summed E-state index contributed by atoms with van der Waals surface area (Å²) in [5, 5.41) is 10.6. The molecular weight excluding hydrogens is 337 g/mol. The maximum atomic E-state index is 13.9. The quantitative estimate of drug-likeness (QED) is 0.838. The van der Waals surface area contributed by atoms with Crippen LogP contribution in [-0.2, 0) is 0 Å². The fourth-order valence-corrected chi connectivity index (χ4v) is 3.92. The first-order chi connectivity index (χ1) is 9.99. The summed E-state index contributed by atoms with van der Waals surface area (Å²) < 4.78 is 14.6. The molecule has 0 spiro atoms. The van der Waals surface area contributed by atoms with Crippen molar-refractivity contribution in [3.8, 4) is 0 Å². The monoisotopic (exact) mass is 355 g/mol. The molecule has 2 aliphatic rings. The van der Waals surface area contributed by atoms with Crippen molar-refractivity contribution in [2.45, 2.75) is 37.7 Å². The van der Waals surface area contributed by atoms with Crippen LogP contribution in [0.2, 0.25) is 0 Å². The number of carbonyl (C=O) groups is 1. The topological polar surface area (TPSA) is 40.5 Å². The van der Waals surface area contributed by atoms with Gasteiger partial charge in [-0.05, 0) is 37.5 Å². The predicted molar refractivity (Wildman–Crippen MR) is 81.5 cm³/mol. The Hall–Kier alpha value is -0.940. The van der Waals surface area contributed by atoms with Crippen LogP contribution in [0.5, 0.6) is 0 Å². The Morgan fingerprint density at radius 3 is 2.95 bits per heavy atom. The van der Waals surface area contributed by atoms with Gasteiger partial charge >= 0.3 is 0 Å². The van der Waals surface area contributed by atoms with Gasteiger partial charge in [0.2, 0.25) is 0 Å². The third-order valence-corrected chi connectivity index (χ3v) is 5.37. The number of fused-ring (bicyclic) bond motifs is 1. The standard InChI is InChI=1S/C16H19BrFNO2/c17-12-4-5-13(14(18)9-12)15(20)19-8-7-16(21)6-2-1-3-11(16)10-19/h4-5,9,11,21H,1-3,6-8,10H2. The van der Waals surface area contributed by atoms with E-state index in [1.807, 2.05) is 0 Å². The van der Waals surface area contributed by atoms with E-state index in [1.165, 1.54) is 12.1 Å². The highest BCUT2D eigenvalue weighted by molar-refractivity contribution is 9.10. The highest BCUT2D eigenvalue weighted by Gasteiger charge is 2.43. The first-order valence-electron chi connectivity index (χ1n) is 7.46. The van der Waals surface area contributed by atoms with E-state index in [0.29, 0.717) is 24.0 Å². The molecule has 2 fully saturated rings. The average Bonchev–Trinajstić information content (AvgIpc) is 2.45. The second kappa shape index (κ2) is 5.69. The van der Waals surface area contributed by atoms with Crippen molar-refractivity contribution in [3.63, 3.8) is 0 Å². The first kappa shape index (κ1) is 15.0. The minimum absolute atomic E-state index is 0.111. The molecule has 1 heterocycles. The predicted octanol–water partition coefficient (Wildman–Crippen LogP) is 3.36. The maximum Gasteiger partial charge on any atom is 0.256 e. The van der Waals surface area contributed by atoms with Crippen molar-refractivity contribution in [3.05, 3.63) is 34.1 Å². The molecule has 21 heavy (non-hydrogen) atoms. The molecule has 114 valence electrons. The van der Waals surface area contributed by atoms with Gasteiger partial charge in [-0.15, -0.1) is 0 Å². The number of aliphatic hydroxyl groups is 1. The lowest BCUT2D eigenvalue weighted by molar-refractivity contribution is -0.0886. The Bertz CT molecular complexity index is 565. The van der Waals surface area contributed by atoms with Crippen LogP contribution in [0.15, 0.2) is 22.7 Å². The van der Waals surface area contributed by atoms with E-state index < -0.39 is 11.4 Å². The van der Waals surface area contributed by atoms with E-state index in [-0.39, 0.29) is 17.4 Å². The molecule has 0 bridgehead atoms. The van der Waals surface area contributed by atoms with Crippen LogP contribution >= 0.6 is 15.9 Å². The molecule has 1 saturated heterocycles. The number of likely N-dealkylation sites (tertiary alicyclic amines) is 1.